The monoisotopic (exact) mass is 434 g/mol. The number of benzene rings is 2. The van der Waals surface area contributed by atoms with E-state index < -0.39 is 0 Å². The van der Waals surface area contributed by atoms with Gasteiger partial charge in [-0.25, -0.2) is 9.37 Å². The molecule has 3 aromatic rings. The van der Waals surface area contributed by atoms with Gasteiger partial charge in [-0.15, -0.1) is 0 Å². The Balaban J connectivity index is 1.24. The highest BCUT2D eigenvalue weighted by molar-refractivity contribution is 5.97. The third kappa shape index (κ3) is 5.68. The molecular weight excluding hydrogens is 407 g/mol. The minimum Gasteiger partial charge on any atom is -0.352 e. The predicted octanol–water partition coefficient (Wildman–Crippen LogP) is 3.66. The highest BCUT2D eigenvalue weighted by Gasteiger charge is 2.25. The van der Waals surface area contributed by atoms with Crippen LogP contribution in [-0.2, 0) is 13.0 Å². The quantitative estimate of drug-likeness (QED) is 0.529. The number of Topliss-reactive ketones (excluding diaryl/α,β-unsaturated/α-hetero) is 1. The standard InChI is InChI=1S/C25H27FN4O2/c26-22-8-6-19(7-9-22)23(31)20-10-13-30(14-11-20)15-12-21-17-28-25(29-24(21)32)27-16-18-4-2-1-3-5-18/h1-9,17,20H,10-16H2,(H2,27,28,29,32). The Morgan fingerprint density at radius 2 is 1.81 bits per heavy atom. The molecule has 0 radical (unpaired) electrons. The third-order valence-corrected chi connectivity index (χ3v) is 5.96. The van der Waals surface area contributed by atoms with Gasteiger partial charge in [-0.2, -0.15) is 0 Å². The number of H-pyrrole nitrogens is 1. The number of anilines is 1. The second kappa shape index (κ2) is 10.3. The van der Waals surface area contributed by atoms with E-state index in [2.05, 4.69) is 20.2 Å². The lowest BCUT2D eigenvalue weighted by atomic mass is 9.89. The van der Waals surface area contributed by atoms with Gasteiger partial charge in [0.2, 0.25) is 5.95 Å². The van der Waals surface area contributed by atoms with Crippen LogP contribution in [0.25, 0.3) is 0 Å². The number of ketones is 1. The summed E-state index contributed by atoms with van der Waals surface area (Å²) in [6.45, 7) is 2.95. The van der Waals surface area contributed by atoms with Crippen molar-refractivity contribution in [1.29, 1.82) is 0 Å². The first-order valence-corrected chi connectivity index (χ1v) is 11.0. The van der Waals surface area contributed by atoms with Gasteiger partial charge in [0, 0.05) is 36.3 Å². The van der Waals surface area contributed by atoms with Crippen LogP contribution in [0.4, 0.5) is 10.3 Å². The van der Waals surface area contributed by atoms with E-state index in [0.717, 1.165) is 38.0 Å². The topological polar surface area (TPSA) is 78.1 Å². The maximum Gasteiger partial charge on any atom is 0.255 e. The summed E-state index contributed by atoms with van der Waals surface area (Å²) in [5.74, 6) is 0.184. The summed E-state index contributed by atoms with van der Waals surface area (Å²) < 4.78 is 13.1. The van der Waals surface area contributed by atoms with Gasteiger partial charge in [-0.1, -0.05) is 30.3 Å². The Labute approximate surface area is 186 Å². The number of halogens is 1. The van der Waals surface area contributed by atoms with Crippen molar-refractivity contribution in [3.63, 3.8) is 0 Å². The summed E-state index contributed by atoms with van der Waals surface area (Å²) >= 11 is 0. The maximum absolute atomic E-state index is 13.1. The number of hydrogen-bond donors (Lipinski definition) is 2. The number of nitrogens with zero attached hydrogens (tertiary/aromatic N) is 2. The number of rotatable bonds is 8. The fourth-order valence-electron chi connectivity index (χ4n) is 4.02. The summed E-state index contributed by atoms with van der Waals surface area (Å²) in [7, 11) is 0. The molecule has 1 aliphatic rings. The van der Waals surface area contributed by atoms with Gasteiger partial charge in [-0.05, 0) is 62.2 Å². The number of likely N-dealkylation sites (tertiary alicyclic amines) is 1. The van der Waals surface area contributed by atoms with Gasteiger partial charge in [0.05, 0.1) is 0 Å². The van der Waals surface area contributed by atoms with Gasteiger partial charge in [0.25, 0.3) is 5.56 Å². The lowest BCUT2D eigenvalue weighted by Crippen LogP contribution is -2.38. The number of carbonyl (C=O) groups excluding carboxylic acids is 1. The van der Waals surface area contributed by atoms with Gasteiger partial charge >= 0.3 is 0 Å². The Morgan fingerprint density at radius 1 is 1.09 bits per heavy atom. The number of piperidine rings is 1. The third-order valence-electron chi connectivity index (χ3n) is 5.96. The summed E-state index contributed by atoms with van der Waals surface area (Å²) in [5.41, 5.74) is 2.21. The lowest BCUT2D eigenvalue weighted by molar-refractivity contribution is 0.0841. The van der Waals surface area contributed by atoms with Crippen LogP contribution < -0.4 is 10.9 Å². The Morgan fingerprint density at radius 3 is 2.50 bits per heavy atom. The van der Waals surface area contributed by atoms with Gasteiger partial charge < -0.3 is 10.2 Å². The Hall–Kier alpha value is -3.32. The summed E-state index contributed by atoms with van der Waals surface area (Å²) in [4.78, 5) is 34.5. The molecule has 2 aromatic carbocycles. The average Bonchev–Trinajstić information content (AvgIpc) is 2.83. The number of aromatic amines is 1. The second-order valence-electron chi connectivity index (χ2n) is 8.16. The zero-order valence-corrected chi connectivity index (χ0v) is 17.9. The first kappa shape index (κ1) is 21.9. The van der Waals surface area contributed by atoms with Crippen molar-refractivity contribution in [1.82, 2.24) is 14.9 Å². The minimum atomic E-state index is -0.333. The maximum atomic E-state index is 13.1. The first-order chi connectivity index (χ1) is 15.6. The van der Waals surface area contributed by atoms with E-state index in [1.807, 2.05) is 30.3 Å². The SMILES string of the molecule is O=C(c1ccc(F)cc1)C1CCN(CCc2cnc(NCc3ccccc3)[nH]c2=O)CC1. The fourth-order valence-corrected chi connectivity index (χ4v) is 4.02. The van der Waals surface area contributed by atoms with E-state index in [1.54, 1.807) is 18.3 Å². The molecule has 7 heteroatoms. The van der Waals surface area contributed by atoms with Crippen LogP contribution in [0.5, 0.6) is 0 Å². The van der Waals surface area contributed by atoms with E-state index >= 15 is 0 Å². The minimum absolute atomic E-state index is 0.0308. The molecule has 1 saturated heterocycles. The van der Waals surface area contributed by atoms with Crippen molar-refractivity contribution in [3.05, 3.63) is 93.7 Å². The summed E-state index contributed by atoms with van der Waals surface area (Å²) in [6.07, 6.45) is 3.79. The van der Waals surface area contributed by atoms with Crippen molar-refractivity contribution in [2.45, 2.75) is 25.8 Å². The van der Waals surface area contributed by atoms with Crippen LogP contribution in [0.1, 0.15) is 34.3 Å². The molecule has 2 heterocycles. The van der Waals surface area contributed by atoms with Crippen molar-refractivity contribution < 1.29 is 9.18 Å². The van der Waals surface area contributed by atoms with Crippen LogP contribution in [0.2, 0.25) is 0 Å². The smallest absolute Gasteiger partial charge is 0.255 e. The molecule has 6 nitrogen and oxygen atoms in total. The number of aromatic nitrogens is 2. The van der Waals surface area contributed by atoms with Crippen LogP contribution >= 0.6 is 0 Å². The zero-order valence-electron chi connectivity index (χ0n) is 17.9. The summed E-state index contributed by atoms with van der Waals surface area (Å²) in [6, 6.07) is 15.7. The van der Waals surface area contributed by atoms with E-state index in [9.17, 15) is 14.0 Å². The van der Waals surface area contributed by atoms with E-state index in [-0.39, 0.29) is 23.1 Å². The molecule has 0 unspecified atom stereocenters. The van der Waals surface area contributed by atoms with Crippen LogP contribution in [-0.4, -0.2) is 40.3 Å². The van der Waals surface area contributed by atoms with Crippen molar-refractivity contribution in [3.8, 4) is 0 Å². The molecule has 32 heavy (non-hydrogen) atoms. The van der Waals surface area contributed by atoms with E-state index in [4.69, 9.17) is 0 Å². The molecule has 2 N–H and O–H groups in total. The highest BCUT2D eigenvalue weighted by Crippen LogP contribution is 2.22. The van der Waals surface area contributed by atoms with Crippen LogP contribution in [0, 0.1) is 11.7 Å². The molecule has 166 valence electrons. The largest absolute Gasteiger partial charge is 0.352 e. The molecule has 1 fully saturated rings. The molecule has 0 spiro atoms. The molecule has 4 rings (SSSR count). The molecular formula is C25H27FN4O2. The number of nitrogens with one attached hydrogen (secondary N) is 2. The molecule has 0 bridgehead atoms. The molecule has 1 aromatic heterocycles. The molecule has 1 aliphatic heterocycles. The van der Waals surface area contributed by atoms with E-state index in [0.29, 0.717) is 30.0 Å². The van der Waals surface area contributed by atoms with Gasteiger partial charge in [-0.3, -0.25) is 14.6 Å². The highest BCUT2D eigenvalue weighted by atomic mass is 19.1. The lowest BCUT2D eigenvalue weighted by Gasteiger charge is -2.31. The molecule has 0 atom stereocenters. The van der Waals surface area contributed by atoms with Crippen LogP contribution in [0.15, 0.2) is 65.6 Å². The van der Waals surface area contributed by atoms with Gasteiger partial charge in [0.15, 0.2) is 5.78 Å². The van der Waals surface area contributed by atoms with Gasteiger partial charge in [0.1, 0.15) is 5.82 Å². The molecule has 0 amide bonds. The van der Waals surface area contributed by atoms with Crippen molar-refractivity contribution in [2.75, 3.05) is 25.0 Å². The molecule has 0 aliphatic carbocycles. The first-order valence-electron chi connectivity index (χ1n) is 11.0. The number of hydrogen-bond acceptors (Lipinski definition) is 5. The normalized spacial score (nSPS) is 14.9. The number of carbonyl (C=O) groups is 1. The predicted molar refractivity (Wildman–Crippen MR) is 122 cm³/mol. The van der Waals surface area contributed by atoms with Crippen LogP contribution in [0.3, 0.4) is 0 Å². The fraction of sp³-hybridized carbons (Fsp3) is 0.320. The molecule has 0 saturated carbocycles. The zero-order chi connectivity index (χ0) is 22.3. The van der Waals surface area contributed by atoms with Crippen molar-refractivity contribution >= 4 is 11.7 Å². The Bertz CT molecular complexity index is 1090. The van der Waals surface area contributed by atoms with E-state index in [1.165, 1.54) is 12.1 Å². The Kier molecular flexibility index (Phi) is 7.07. The summed E-state index contributed by atoms with van der Waals surface area (Å²) in [5, 5.41) is 3.14. The average molecular weight is 435 g/mol. The second-order valence-corrected chi connectivity index (χ2v) is 8.16. The van der Waals surface area contributed by atoms with Crippen molar-refractivity contribution in [2.24, 2.45) is 5.92 Å².